The second-order valence-electron chi connectivity index (χ2n) is 4.92. The van der Waals surface area contributed by atoms with Crippen molar-refractivity contribution >= 4 is 27.3 Å². The van der Waals surface area contributed by atoms with E-state index in [0.29, 0.717) is 12.0 Å². The van der Waals surface area contributed by atoms with Crippen molar-refractivity contribution in [1.29, 1.82) is 0 Å². The highest BCUT2D eigenvalue weighted by molar-refractivity contribution is 9.11. The summed E-state index contributed by atoms with van der Waals surface area (Å²) >= 11 is 5.26. The van der Waals surface area contributed by atoms with E-state index in [1.165, 1.54) is 9.35 Å². The first-order valence-corrected chi connectivity index (χ1v) is 8.09. The first kappa shape index (κ1) is 14.5. The molecule has 18 heavy (non-hydrogen) atoms. The summed E-state index contributed by atoms with van der Waals surface area (Å²) in [5.41, 5.74) is 1.38. The number of ether oxygens (including phenoxy) is 1. The second-order valence-corrected chi connectivity index (χ2v) is 7.21. The van der Waals surface area contributed by atoms with Crippen LogP contribution in [0.3, 0.4) is 0 Å². The van der Waals surface area contributed by atoms with Gasteiger partial charge in [-0.05, 0) is 46.5 Å². The minimum Gasteiger partial charge on any atom is -0.379 e. The van der Waals surface area contributed by atoms with Gasteiger partial charge in [0.2, 0.25) is 0 Å². The van der Waals surface area contributed by atoms with Crippen molar-refractivity contribution in [3.63, 3.8) is 0 Å². The molecule has 102 valence electrons. The second kappa shape index (κ2) is 7.01. The molecule has 0 bridgehead atoms. The number of hydrogen-bond acceptors (Lipinski definition) is 4. The molecule has 1 fully saturated rings. The Balaban J connectivity index is 1.81. The summed E-state index contributed by atoms with van der Waals surface area (Å²) in [6, 6.07) is 2.72. The molecule has 1 N–H and O–H groups in total. The van der Waals surface area contributed by atoms with E-state index >= 15 is 0 Å². The molecule has 0 amide bonds. The van der Waals surface area contributed by atoms with Gasteiger partial charge in [-0.3, -0.25) is 0 Å². The molecule has 2 rings (SSSR count). The molecule has 0 spiro atoms. The average molecular weight is 333 g/mol. The highest BCUT2D eigenvalue weighted by atomic mass is 79.9. The lowest BCUT2D eigenvalue weighted by Gasteiger charge is -2.24. The number of nitrogens with one attached hydrogen (secondary N) is 1. The van der Waals surface area contributed by atoms with E-state index in [1.807, 2.05) is 0 Å². The topological polar surface area (TPSA) is 24.5 Å². The van der Waals surface area contributed by atoms with Crippen molar-refractivity contribution in [3.8, 4) is 0 Å². The summed E-state index contributed by atoms with van der Waals surface area (Å²) in [4.78, 5) is 2.39. The molecule has 0 radical (unpaired) electrons. The van der Waals surface area contributed by atoms with Gasteiger partial charge in [-0.25, -0.2) is 0 Å². The number of nitrogens with zero attached hydrogens (tertiary/aromatic N) is 1. The van der Waals surface area contributed by atoms with Gasteiger partial charge in [0.25, 0.3) is 0 Å². The molecule has 2 atom stereocenters. The first-order chi connectivity index (χ1) is 8.69. The molecule has 0 aromatic carbocycles. The maximum atomic E-state index is 5.58. The van der Waals surface area contributed by atoms with Crippen LogP contribution < -0.4 is 5.32 Å². The Hall–Kier alpha value is 0.0600. The standard InChI is InChI=1S/C13H21BrN2OS/c1-3-15-12-8-17-7-11(12)6-16(2)5-10-4-13(14)18-9-10/h4,9,11-12,15H,3,5-8H2,1-2H3. The van der Waals surface area contributed by atoms with Crippen molar-refractivity contribution in [2.24, 2.45) is 5.92 Å². The zero-order chi connectivity index (χ0) is 13.0. The van der Waals surface area contributed by atoms with Gasteiger partial charge in [0.1, 0.15) is 0 Å². The van der Waals surface area contributed by atoms with E-state index in [2.05, 4.69) is 51.6 Å². The Kier molecular flexibility index (Phi) is 5.63. The van der Waals surface area contributed by atoms with Crippen LogP contribution in [-0.2, 0) is 11.3 Å². The zero-order valence-corrected chi connectivity index (χ0v) is 13.4. The smallest absolute Gasteiger partial charge is 0.0701 e. The van der Waals surface area contributed by atoms with Crippen LogP contribution >= 0.6 is 27.3 Å². The summed E-state index contributed by atoms with van der Waals surface area (Å²) in [7, 11) is 2.19. The molecule has 1 aliphatic rings. The molecule has 1 saturated heterocycles. The van der Waals surface area contributed by atoms with Crippen LogP contribution in [0.5, 0.6) is 0 Å². The van der Waals surface area contributed by atoms with E-state index in [4.69, 9.17) is 4.74 Å². The number of halogens is 1. The van der Waals surface area contributed by atoms with Gasteiger partial charge in [0.15, 0.2) is 0 Å². The van der Waals surface area contributed by atoms with Crippen molar-refractivity contribution in [2.75, 3.05) is 33.4 Å². The van der Waals surface area contributed by atoms with Crippen molar-refractivity contribution < 1.29 is 4.74 Å². The zero-order valence-electron chi connectivity index (χ0n) is 11.0. The van der Waals surface area contributed by atoms with Crippen LogP contribution in [0, 0.1) is 5.92 Å². The Morgan fingerprint density at radius 1 is 1.56 bits per heavy atom. The molecule has 1 aromatic rings. The third kappa shape index (κ3) is 4.03. The number of hydrogen-bond donors (Lipinski definition) is 1. The Morgan fingerprint density at radius 2 is 2.39 bits per heavy atom. The lowest BCUT2D eigenvalue weighted by atomic mass is 10.0. The van der Waals surface area contributed by atoms with Crippen LogP contribution in [-0.4, -0.2) is 44.3 Å². The fourth-order valence-electron chi connectivity index (χ4n) is 2.47. The van der Waals surface area contributed by atoms with Gasteiger partial charge >= 0.3 is 0 Å². The molecule has 3 nitrogen and oxygen atoms in total. The van der Waals surface area contributed by atoms with Gasteiger partial charge in [-0.1, -0.05) is 6.92 Å². The maximum Gasteiger partial charge on any atom is 0.0701 e. The summed E-state index contributed by atoms with van der Waals surface area (Å²) < 4.78 is 6.79. The summed E-state index contributed by atoms with van der Waals surface area (Å²) in [6.07, 6.45) is 0. The lowest BCUT2D eigenvalue weighted by molar-refractivity contribution is 0.172. The molecular formula is C13H21BrN2OS. The fourth-order valence-corrected chi connectivity index (χ4v) is 3.67. The minimum atomic E-state index is 0.520. The van der Waals surface area contributed by atoms with Crippen molar-refractivity contribution in [2.45, 2.75) is 19.5 Å². The third-order valence-electron chi connectivity index (χ3n) is 3.29. The number of likely N-dealkylation sites (N-methyl/N-ethyl adjacent to an activating group) is 1. The predicted octanol–water partition coefficient (Wildman–Crippen LogP) is 2.57. The molecule has 2 heterocycles. The van der Waals surface area contributed by atoms with Gasteiger partial charge in [-0.15, -0.1) is 11.3 Å². The molecule has 1 aromatic heterocycles. The Labute approximate surface area is 122 Å². The average Bonchev–Trinajstić information content (AvgIpc) is 2.90. The van der Waals surface area contributed by atoms with E-state index < -0.39 is 0 Å². The van der Waals surface area contributed by atoms with Gasteiger partial charge in [-0.2, -0.15) is 0 Å². The third-order valence-corrected chi connectivity index (χ3v) is 4.84. The SMILES string of the molecule is CCNC1COCC1CN(C)Cc1csc(Br)c1. The predicted molar refractivity (Wildman–Crippen MR) is 80.1 cm³/mol. The van der Waals surface area contributed by atoms with Crippen LogP contribution in [0.25, 0.3) is 0 Å². The first-order valence-electron chi connectivity index (χ1n) is 6.41. The Bertz CT molecular complexity index is 372. The molecule has 1 aliphatic heterocycles. The van der Waals surface area contributed by atoms with Crippen LogP contribution in [0.2, 0.25) is 0 Å². The fraction of sp³-hybridized carbons (Fsp3) is 0.692. The molecule has 0 saturated carbocycles. The van der Waals surface area contributed by atoms with E-state index in [-0.39, 0.29) is 0 Å². The number of rotatable bonds is 6. The maximum absolute atomic E-state index is 5.58. The highest BCUT2D eigenvalue weighted by Crippen LogP contribution is 2.22. The van der Waals surface area contributed by atoms with Crippen LogP contribution in [0.1, 0.15) is 12.5 Å². The summed E-state index contributed by atoms with van der Waals surface area (Å²) in [6.45, 7) is 7.02. The molecule has 5 heteroatoms. The van der Waals surface area contributed by atoms with E-state index in [9.17, 15) is 0 Å². The van der Waals surface area contributed by atoms with E-state index in [0.717, 1.165) is 32.8 Å². The largest absolute Gasteiger partial charge is 0.379 e. The quantitative estimate of drug-likeness (QED) is 0.866. The minimum absolute atomic E-state index is 0.520. The normalized spacial score (nSPS) is 24.0. The molecule has 0 aliphatic carbocycles. The highest BCUT2D eigenvalue weighted by Gasteiger charge is 2.28. The van der Waals surface area contributed by atoms with Gasteiger partial charge < -0.3 is 15.0 Å². The summed E-state index contributed by atoms with van der Waals surface area (Å²) in [5.74, 6) is 0.608. The van der Waals surface area contributed by atoms with Crippen LogP contribution in [0.15, 0.2) is 15.2 Å². The molecule has 2 unspecified atom stereocenters. The Morgan fingerprint density at radius 3 is 3.06 bits per heavy atom. The van der Waals surface area contributed by atoms with Crippen LogP contribution in [0.4, 0.5) is 0 Å². The number of thiophene rings is 1. The lowest BCUT2D eigenvalue weighted by Crippen LogP contribution is -2.40. The van der Waals surface area contributed by atoms with E-state index in [1.54, 1.807) is 11.3 Å². The monoisotopic (exact) mass is 332 g/mol. The van der Waals surface area contributed by atoms with Crippen molar-refractivity contribution in [3.05, 3.63) is 20.8 Å². The summed E-state index contributed by atoms with van der Waals surface area (Å²) in [5, 5.41) is 5.73. The van der Waals surface area contributed by atoms with Gasteiger partial charge in [0, 0.05) is 25.0 Å². The van der Waals surface area contributed by atoms with Crippen molar-refractivity contribution in [1.82, 2.24) is 10.2 Å². The molecular weight excluding hydrogens is 312 g/mol. The van der Waals surface area contributed by atoms with Gasteiger partial charge in [0.05, 0.1) is 17.0 Å².